The first-order valence-electron chi connectivity index (χ1n) is 7.95. The molecule has 0 atom stereocenters. The monoisotopic (exact) mass is 399 g/mol. The molecule has 0 aliphatic heterocycles. The Bertz CT molecular complexity index is 1040. The van der Waals surface area contributed by atoms with Crippen molar-refractivity contribution in [3.63, 3.8) is 0 Å². The lowest BCUT2D eigenvalue weighted by Gasteiger charge is -2.36. The van der Waals surface area contributed by atoms with Crippen LogP contribution in [0.25, 0.3) is 15.9 Å². The molecule has 1 aliphatic carbocycles. The molecule has 3 heterocycles. The van der Waals surface area contributed by atoms with Crippen molar-refractivity contribution in [2.45, 2.75) is 31.9 Å². The summed E-state index contributed by atoms with van der Waals surface area (Å²) in [6, 6.07) is 3.16. The molecule has 0 saturated heterocycles. The van der Waals surface area contributed by atoms with Gasteiger partial charge in [-0.3, -0.25) is 9.36 Å². The van der Waals surface area contributed by atoms with Crippen molar-refractivity contribution in [1.82, 2.24) is 14.5 Å². The Morgan fingerprint density at radius 1 is 1.31 bits per heavy atom. The van der Waals surface area contributed by atoms with Gasteiger partial charge in [0.25, 0.3) is 5.56 Å². The van der Waals surface area contributed by atoms with E-state index in [2.05, 4.69) is 9.97 Å². The second kappa shape index (κ2) is 6.06. The Morgan fingerprint density at radius 3 is 2.65 bits per heavy atom. The molecule has 1 fully saturated rings. The highest BCUT2D eigenvalue weighted by Crippen LogP contribution is 2.49. The Hall–Kier alpha value is -1.93. The predicted octanol–water partition coefficient (Wildman–Crippen LogP) is 4.86. The van der Waals surface area contributed by atoms with Gasteiger partial charge >= 0.3 is 6.18 Å². The summed E-state index contributed by atoms with van der Waals surface area (Å²) in [6.07, 6.45) is -2.91. The van der Waals surface area contributed by atoms with Crippen molar-refractivity contribution in [1.29, 1.82) is 0 Å². The summed E-state index contributed by atoms with van der Waals surface area (Å²) in [5, 5.41) is 2.09. The van der Waals surface area contributed by atoms with Crippen LogP contribution in [0.3, 0.4) is 0 Å². The summed E-state index contributed by atoms with van der Waals surface area (Å²) < 4.78 is 40.5. The minimum atomic E-state index is -4.22. The molecular weight excluding hydrogens is 387 g/mol. The molecule has 0 unspecified atom stereocenters. The first kappa shape index (κ1) is 17.5. The zero-order valence-electron chi connectivity index (χ0n) is 13.5. The molecule has 0 aromatic carbocycles. The lowest BCUT2D eigenvalue weighted by Crippen LogP contribution is -2.37. The molecule has 0 N–H and O–H groups in total. The number of hydrogen-bond acceptors (Lipinski definition) is 4. The van der Waals surface area contributed by atoms with Gasteiger partial charge in [-0.15, -0.1) is 11.3 Å². The summed E-state index contributed by atoms with van der Waals surface area (Å²) in [7, 11) is 0. The van der Waals surface area contributed by atoms with Crippen LogP contribution >= 0.6 is 22.9 Å². The summed E-state index contributed by atoms with van der Waals surface area (Å²) in [4.78, 5) is 21.6. The fourth-order valence-corrected chi connectivity index (χ4v) is 4.25. The van der Waals surface area contributed by atoms with Gasteiger partial charge in [-0.05, 0) is 42.8 Å². The fraction of sp³-hybridized carbons (Fsp3) is 0.353. The molecule has 1 saturated carbocycles. The molecule has 4 nitrogen and oxygen atoms in total. The van der Waals surface area contributed by atoms with Gasteiger partial charge in [0, 0.05) is 5.92 Å². The van der Waals surface area contributed by atoms with Crippen molar-refractivity contribution < 1.29 is 13.2 Å². The van der Waals surface area contributed by atoms with E-state index in [4.69, 9.17) is 11.6 Å². The number of nitrogens with zero attached hydrogens (tertiary/aromatic N) is 3. The Labute approximate surface area is 155 Å². The maximum absolute atomic E-state index is 13.0. The zero-order chi connectivity index (χ0) is 18.6. The average Bonchev–Trinajstić information content (AvgIpc) is 2.88. The highest BCUT2D eigenvalue weighted by Gasteiger charge is 2.49. The molecule has 26 heavy (non-hydrogen) atoms. The fourth-order valence-electron chi connectivity index (χ4n) is 3.22. The van der Waals surface area contributed by atoms with Crippen LogP contribution in [-0.4, -0.2) is 20.7 Å². The Balaban J connectivity index is 1.87. The summed E-state index contributed by atoms with van der Waals surface area (Å²) in [5.41, 5.74) is 1.56. The molecule has 0 amide bonds. The molecule has 4 rings (SSSR count). The second-order valence-electron chi connectivity index (χ2n) is 6.45. The third-order valence-electron chi connectivity index (χ3n) is 4.73. The van der Waals surface area contributed by atoms with Crippen LogP contribution in [0.1, 0.15) is 30.1 Å². The maximum Gasteiger partial charge on any atom is 0.391 e. The lowest BCUT2D eigenvalue weighted by molar-refractivity contribution is -0.198. The number of rotatable bonds is 2. The van der Waals surface area contributed by atoms with E-state index in [9.17, 15) is 18.0 Å². The minimum absolute atomic E-state index is 0.0638. The van der Waals surface area contributed by atoms with Gasteiger partial charge in [-0.2, -0.15) is 13.2 Å². The molecule has 136 valence electrons. The molecular formula is C17H13ClF3N3OS. The van der Waals surface area contributed by atoms with E-state index >= 15 is 0 Å². The number of hydrogen-bond donors (Lipinski definition) is 0. The van der Waals surface area contributed by atoms with Crippen LogP contribution in [0.5, 0.6) is 0 Å². The summed E-state index contributed by atoms with van der Waals surface area (Å²) >= 11 is 7.09. The Morgan fingerprint density at radius 2 is 2.04 bits per heavy atom. The van der Waals surface area contributed by atoms with Crippen LogP contribution in [0.15, 0.2) is 28.5 Å². The SMILES string of the molecule is Cc1csc2c(=O)n(-c3ccc(Cl)nc3)c([C@H]3C[C@@H](C(F)(F)F)C3)nc12. The van der Waals surface area contributed by atoms with Gasteiger partial charge < -0.3 is 0 Å². The van der Waals surface area contributed by atoms with E-state index in [1.807, 2.05) is 12.3 Å². The van der Waals surface area contributed by atoms with Gasteiger partial charge in [-0.1, -0.05) is 11.6 Å². The molecule has 0 radical (unpaired) electrons. The quantitative estimate of drug-likeness (QED) is 0.578. The van der Waals surface area contributed by atoms with E-state index < -0.39 is 18.0 Å². The normalized spacial score (nSPS) is 20.3. The smallest absolute Gasteiger partial charge is 0.267 e. The van der Waals surface area contributed by atoms with Crippen molar-refractivity contribution >= 4 is 33.2 Å². The third kappa shape index (κ3) is 2.81. The van der Waals surface area contributed by atoms with Crippen LogP contribution in [0, 0.1) is 12.8 Å². The number of aromatic nitrogens is 3. The van der Waals surface area contributed by atoms with Gasteiger partial charge in [0.05, 0.1) is 23.3 Å². The maximum atomic E-state index is 13.0. The summed E-state index contributed by atoms with van der Waals surface area (Å²) in [6.45, 7) is 1.84. The molecule has 3 aromatic rings. The van der Waals surface area contributed by atoms with E-state index in [1.54, 1.807) is 6.07 Å². The number of fused-ring (bicyclic) bond motifs is 1. The third-order valence-corrected chi connectivity index (χ3v) is 6.03. The van der Waals surface area contributed by atoms with Crippen molar-refractivity contribution in [2.75, 3.05) is 0 Å². The van der Waals surface area contributed by atoms with Gasteiger partial charge in [0.15, 0.2) is 0 Å². The Kier molecular flexibility index (Phi) is 4.07. The van der Waals surface area contributed by atoms with Gasteiger partial charge in [0.1, 0.15) is 15.7 Å². The number of alkyl halides is 3. The zero-order valence-corrected chi connectivity index (χ0v) is 15.1. The van der Waals surface area contributed by atoms with E-state index in [-0.39, 0.29) is 23.6 Å². The summed E-state index contributed by atoms with van der Waals surface area (Å²) in [5.74, 6) is -1.41. The van der Waals surface area contributed by atoms with Gasteiger partial charge in [-0.25, -0.2) is 9.97 Å². The number of pyridine rings is 1. The highest BCUT2D eigenvalue weighted by atomic mass is 35.5. The van der Waals surface area contributed by atoms with Crippen molar-refractivity contribution in [3.8, 4) is 5.69 Å². The van der Waals surface area contributed by atoms with Crippen molar-refractivity contribution in [2.24, 2.45) is 5.92 Å². The predicted molar refractivity (Wildman–Crippen MR) is 94.3 cm³/mol. The largest absolute Gasteiger partial charge is 0.391 e. The number of halogens is 4. The second-order valence-corrected chi connectivity index (χ2v) is 7.72. The van der Waals surface area contributed by atoms with E-state index in [0.29, 0.717) is 21.7 Å². The topological polar surface area (TPSA) is 47.8 Å². The average molecular weight is 400 g/mol. The highest BCUT2D eigenvalue weighted by molar-refractivity contribution is 7.17. The number of aryl methyl sites for hydroxylation is 1. The first-order chi connectivity index (χ1) is 12.3. The molecule has 9 heteroatoms. The van der Waals surface area contributed by atoms with E-state index in [1.165, 1.54) is 28.2 Å². The molecule has 1 aliphatic rings. The molecule has 0 spiro atoms. The van der Waals surface area contributed by atoms with Crippen LogP contribution in [0.2, 0.25) is 5.15 Å². The van der Waals surface area contributed by atoms with Crippen LogP contribution < -0.4 is 5.56 Å². The lowest BCUT2D eigenvalue weighted by atomic mass is 9.74. The van der Waals surface area contributed by atoms with Crippen molar-refractivity contribution in [3.05, 3.63) is 50.6 Å². The van der Waals surface area contributed by atoms with E-state index in [0.717, 1.165) is 5.56 Å². The number of thiophene rings is 1. The molecule has 0 bridgehead atoms. The van der Waals surface area contributed by atoms with Crippen LogP contribution in [0.4, 0.5) is 13.2 Å². The van der Waals surface area contributed by atoms with Gasteiger partial charge in [0.2, 0.25) is 0 Å². The van der Waals surface area contributed by atoms with Crippen LogP contribution in [-0.2, 0) is 0 Å². The standard InChI is InChI=1S/C17H13ClF3N3OS/c1-8-7-26-14-13(8)23-15(9-4-10(5-9)17(19,20)21)24(16(14)25)11-2-3-12(18)22-6-11/h2-3,6-7,9-10H,4-5H2,1H3/t9-,10+. The first-order valence-corrected chi connectivity index (χ1v) is 9.21. The molecule has 3 aromatic heterocycles. The minimum Gasteiger partial charge on any atom is -0.267 e.